The van der Waals surface area contributed by atoms with Gasteiger partial charge in [-0.3, -0.25) is 14.2 Å². The molecule has 0 N–H and O–H groups in total. The van der Waals surface area contributed by atoms with Crippen LogP contribution in [-0.4, -0.2) is 70.0 Å². The molecule has 0 aliphatic carbocycles. The summed E-state index contributed by atoms with van der Waals surface area (Å²) in [5, 5.41) is 0. The van der Waals surface area contributed by atoms with Crippen molar-refractivity contribution >= 4 is 19.8 Å². The van der Waals surface area contributed by atoms with Crippen LogP contribution >= 0.6 is 7.82 Å². The van der Waals surface area contributed by atoms with Gasteiger partial charge in [-0.15, -0.1) is 0 Å². The Labute approximate surface area is 327 Å². The Morgan fingerprint density at radius 2 is 0.849 bits per heavy atom. The first kappa shape index (κ1) is 52.0. The second kappa shape index (κ2) is 36.6. The van der Waals surface area contributed by atoms with Crippen LogP contribution in [0, 0.1) is 0 Å². The highest BCUT2D eigenvalue weighted by molar-refractivity contribution is 7.45. The number of nitrogens with zero attached hydrogens (tertiary/aromatic N) is 1. The number of ether oxygens (including phenoxy) is 2. The summed E-state index contributed by atoms with van der Waals surface area (Å²) < 4.78 is 33.8. The van der Waals surface area contributed by atoms with Gasteiger partial charge in [-0.25, -0.2) is 0 Å². The van der Waals surface area contributed by atoms with Crippen LogP contribution < -0.4 is 4.89 Å². The maximum atomic E-state index is 12.6. The molecule has 10 heteroatoms. The summed E-state index contributed by atoms with van der Waals surface area (Å²) >= 11 is 0. The van der Waals surface area contributed by atoms with Gasteiger partial charge < -0.3 is 27.9 Å². The van der Waals surface area contributed by atoms with Gasteiger partial charge in [-0.1, -0.05) is 187 Å². The van der Waals surface area contributed by atoms with Crippen molar-refractivity contribution in [2.75, 3.05) is 47.5 Å². The van der Waals surface area contributed by atoms with Gasteiger partial charge in [-0.05, 0) is 12.8 Å². The molecule has 2 atom stereocenters. The monoisotopic (exact) mass is 776 g/mol. The van der Waals surface area contributed by atoms with Gasteiger partial charge >= 0.3 is 11.9 Å². The third kappa shape index (κ3) is 40.5. The number of esters is 2. The molecule has 9 nitrogen and oxygen atoms in total. The molecule has 0 aliphatic rings. The maximum Gasteiger partial charge on any atom is 0.306 e. The van der Waals surface area contributed by atoms with Crippen molar-refractivity contribution in [2.24, 2.45) is 0 Å². The van der Waals surface area contributed by atoms with E-state index >= 15 is 0 Å². The lowest BCUT2D eigenvalue weighted by Crippen LogP contribution is -2.37. The molecular weight excluding hydrogens is 689 g/mol. The van der Waals surface area contributed by atoms with Crippen molar-refractivity contribution in [3.8, 4) is 0 Å². The van der Waals surface area contributed by atoms with Crippen molar-refractivity contribution in [1.82, 2.24) is 0 Å². The predicted molar refractivity (Wildman–Crippen MR) is 218 cm³/mol. The highest BCUT2D eigenvalue weighted by Crippen LogP contribution is 2.38. The van der Waals surface area contributed by atoms with E-state index in [1.54, 1.807) is 0 Å². The number of unbranched alkanes of at least 4 members (excludes halogenated alkanes) is 27. The molecule has 0 saturated heterocycles. The van der Waals surface area contributed by atoms with Crippen molar-refractivity contribution in [1.29, 1.82) is 0 Å². The minimum atomic E-state index is -4.61. The van der Waals surface area contributed by atoms with E-state index in [9.17, 15) is 19.0 Å². The average molecular weight is 776 g/mol. The molecule has 316 valence electrons. The number of phosphoric ester groups is 1. The van der Waals surface area contributed by atoms with Crippen LogP contribution in [0.4, 0.5) is 0 Å². The van der Waals surface area contributed by atoms with Gasteiger partial charge in [-0.2, -0.15) is 0 Å². The Balaban J connectivity index is 4.16. The van der Waals surface area contributed by atoms with E-state index in [2.05, 4.69) is 13.8 Å². The normalized spacial score (nSPS) is 13.5. The highest BCUT2D eigenvalue weighted by Gasteiger charge is 2.21. The zero-order valence-corrected chi connectivity index (χ0v) is 36.4. The second-order valence-electron chi connectivity index (χ2n) is 16.4. The van der Waals surface area contributed by atoms with E-state index in [4.69, 9.17) is 18.5 Å². The summed E-state index contributed by atoms with van der Waals surface area (Å²) in [5.41, 5.74) is 0. The molecule has 2 unspecified atom stereocenters. The third-order valence-electron chi connectivity index (χ3n) is 9.88. The van der Waals surface area contributed by atoms with Gasteiger partial charge in [0.2, 0.25) is 0 Å². The Morgan fingerprint density at radius 1 is 0.509 bits per heavy atom. The number of carbonyl (C=O) groups excluding carboxylic acids is 2. The smallest absolute Gasteiger partial charge is 0.306 e. The van der Waals surface area contributed by atoms with Crippen LogP contribution in [0.25, 0.3) is 0 Å². The van der Waals surface area contributed by atoms with E-state index in [-0.39, 0.29) is 32.0 Å². The summed E-state index contributed by atoms with van der Waals surface area (Å²) in [7, 11) is 1.18. The van der Waals surface area contributed by atoms with Crippen LogP contribution in [0.2, 0.25) is 0 Å². The highest BCUT2D eigenvalue weighted by atomic mass is 31.2. The summed E-state index contributed by atoms with van der Waals surface area (Å²) in [5.74, 6) is -0.826. The van der Waals surface area contributed by atoms with Crippen LogP contribution in [0.15, 0.2) is 0 Å². The number of hydrogen-bond acceptors (Lipinski definition) is 8. The Kier molecular flexibility index (Phi) is 36.0. The van der Waals surface area contributed by atoms with E-state index in [0.29, 0.717) is 17.4 Å². The van der Waals surface area contributed by atoms with Crippen LogP contribution in [0.3, 0.4) is 0 Å². The average Bonchev–Trinajstić information content (AvgIpc) is 3.10. The second-order valence-corrected chi connectivity index (χ2v) is 17.8. The Bertz CT molecular complexity index is 881. The first-order valence-electron chi connectivity index (χ1n) is 22.2. The van der Waals surface area contributed by atoms with Crippen LogP contribution in [-0.2, 0) is 32.7 Å². The minimum absolute atomic E-state index is 0.0260. The first-order chi connectivity index (χ1) is 25.5. The largest absolute Gasteiger partial charge is 0.756 e. The first-order valence-corrected chi connectivity index (χ1v) is 23.7. The van der Waals surface area contributed by atoms with Crippen LogP contribution in [0.1, 0.15) is 213 Å². The minimum Gasteiger partial charge on any atom is -0.756 e. The summed E-state index contributed by atoms with van der Waals surface area (Å²) in [6.45, 7) is 4.22. The zero-order valence-electron chi connectivity index (χ0n) is 35.5. The van der Waals surface area contributed by atoms with Crippen molar-refractivity contribution < 1.29 is 42.1 Å². The SMILES string of the molecule is CCCCCCCCCCCCCCCCCCCCCCCC(=O)OC(COC(=O)CCCCCCCCCC)COP(=O)([O-])OCC[N+](C)(C)C. The number of rotatable bonds is 41. The van der Waals surface area contributed by atoms with Gasteiger partial charge in [0.1, 0.15) is 19.8 Å². The van der Waals surface area contributed by atoms with E-state index in [0.717, 1.165) is 32.1 Å². The number of phosphoric acid groups is 1. The predicted octanol–water partition coefficient (Wildman–Crippen LogP) is 11.8. The van der Waals surface area contributed by atoms with Crippen LogP contribution in [0.5, 0.6) is 0 Å². The third-order valence-corrected chi connectivity index (χ3v) is 10.8. The Hall–Kier alpha value is -0.990. The molecule has 0 aromatic heterocycles. The number of quaternary nitrogens is 1. The van der Waals surface area contributed by atoms with Crippen molar-refractivity contribution in [2.45, 2.75) is 219 Å². The van der Waals surface area contributed by atoms with Gasteiger partial charge in [0.05, 0.1) is 27.7 Å². The summed E-state index contributed by atoms with van der Waals surface area (Å²) in [6, 6.07) is 0. The number of carbonyl (C=O) groups is 2. The fourth-order valence-electron chi connectivity index (χ4n) is 6.36. The van der Waals surface area contributed by atoms with E-state index in [1.807, 2.05) is 21.1 Å². The zero-order chi connectivity index (χ0) is 39.3. The molecule has 0 aliphatic heterocycles. The molecule has 0 aromatic carbocycles. The van der Waals surface area contributed by atoms with E-state index in [1.165, 1.54) is 148 Å². The van der Waals surface area contributed by atoms with Gasteiger partial charge in [0, 0.05) is 12.8 Å². The lowest BCUT2D eigenvalue weighted by Gasteiger charge is -2.28. The lowest BCUT2D eigenvalue weighted by atomic mass is 10.0. The lowest BCUT2D eigenvalue weighted by molar-refractivity contribution is -0.870. The van der Waals surface area contributed by atoms with Crippen molar-refractivity contribution in [3.05, 3.63) is 0 Å². The maximum absolute atomic E-state index is 12.6. The molecule has 0 radical (unpaired) electrons. The molecule has 0 heterocycles. The van der Waals surface area contributed by atoms with Crippen molar-refractivity contribution in [3.63, 3.8) is 0 Å². The fourth-order valence-corrected chi connectivity index (χ4v) is 7.09. The van der Waals surface area contributed by atoms with Gasteiger partial charge in [0.25, 0.3) is 7.82 Å². The number of hydrogen-bond donors (Lipinski definition) is 0. The molecule has 0 rings (SSSR count). The summed E-state index contributed by atoms with van der Waals surface area (Å²) in [4.78, 5) is 37.3. The molecular formula is C43H86NO8P. The molecule has 0 bridgehead atoms. The van der Waals surface area contributed by atoms with E-state index < -0.39 is 26.5 Å². The molecule has 0 saturated carbocycles. The summed E-state index contributed by atoms with van der Waals surface area (Å²) in [6.07, 6.45) is 35.7. The molecule has 0 fully saturated rings. The fraction of sp³-hybridized carbons (Fsp3) is 0.953. The number of likely N-dealkylation sites (N-methyl/N-ethyl adjacent to an activating group) is 1. The molecule has 53 heavy (non-hydrogen) atoms. The molecule has 0 aromatic rings. The standard InChI is InChI=1S/C43H86NO8P/c1-6-8-10-12-14-16-17-18-19-20-21-22-23-24-25-26-27-28-30-32-34-36-43(46)52-41(40-51-53(47,48)50-38-37-44(3,4)5)39-49-42(45)35-33-31-29-15-13-11-9-7-2/h41H,6-40H2,1-5H3. The molecule has 0 spiro atoms. The quantitative estimate of drug-likeness (QED) is 0.0261. The Morgan fingerprint density at radius 3 is 1.21 bits per heavy atom. The topological polar surface area (TPSA) is 111 Å². The van der Waals surface area contributed by atoms with Gasteiger partial charge in [0.15, 0.2) is 6.10 Å². The molecule has 0 amide bonds.